The number of thiocarbonyl (C=S) groups is 1. The SMILES string of the molecule is COc1c(C2=NN(C(N)=S)C(c3ccccc3)C2)c(O)cc2occc12. The molecule has 26 heavy (non-hydrogen) atoms. The van der Waals surface area contributed by atoms with E-state index >= 15 is 0 Å². The molecule has 1 aromatic heterocycles. The highest BCUT2D eigenvalue weighted by Gasteiger charge is 2.33. The summed E-state index contributed by atoms with van der Waals surface area (Å²) >= 11 is 5.18. The zero-order chi connectivity index (χ0) is 18.3. The molecule has 4 rings (SSSR count). The van der Waals surface area contributed by atoms with Crippen molar-refractivity contribution in [2.45, 2.75) is 12.5 Å². The Balaban J connectivity index is 1.84. The number of nitrogens with two attached hydrogens (primary N) is 1. The van der Waals surface area contributed by atoms with Crippen molar-refractivity contribution in [3.05, 3.63) is 59.9 Å². The Morgan fingerprint density at radius 3 is 2.81 bits per heavy atom. The fourth-order valence-electron chi connectivity index (χ4n) is 3.36. The lowest BCUT2D eigenvalue weighted by Gasteiger charge is -2.21. The summed E-state index contributed by atoms with van der Waals surface area (Å²) in [6.45, 7) is 0. The van der Waals surface area contributed by atoms with Crippen molar-refractivity contribution >= 4 is 34.0 Å². The number of fused-ring (bicyclic) bond motifs is 1. The summed E-state index contributed by atoms with van der Waals surface area (Å²) in [5.41, 5.74) is 8.67. The van der Waals surface area contributed by atoms with E-state index in [2.05, 4.69) is 5.10 Å². The highest BCUT2D eigenvalue weighted by molar-refractivity contribution is 7.80. The summed E-state index contributed by atoms with van der Waals surface area (Å²) < 4.78 is 10.9. The van der Waals surface area contributed by atoms with Gasteiger partial charge in [0.25, 0.3) is 0 Å². The lowest BCUT2D eigenvalue weighted by molar-refractivity contribution is 0.373. The summed E-state index contributed by atoms with van der Waals surface area (Å²) in [7, 11) is 1.56. The molecular weight excluding hydrogens is 350 g/mol. The maximum absolute atomic E-state index is 10.6. The monoisotopic (exact) mass is 367 g/mol. The van der Waals surface area contributed by atoms with Crippen molar-refractivity contribution in [2.24, 2.45) is 10.8 Å². The van der Waals surface area contributed by atoms with E-state index in [4.69, 9.17) is 27.1 Å². The van der Waals surface area contributed by atoms with Gasteiger partial charge in [-0.3, -0.25) is 0 Å². The van der Waals surface area contributed by atoms with Crippen LogP contribution in [0, 0.1) is 0 Å². The van der Waals surface area contributed by atoms with Crippen LogP contribution in [-0.4, -0.2) is 28.0 Å². The van der Waals surface area contributed by atoms with Gasteiger partial charge in [-0.1, -0.05) is 30.3 Å². The number of hydrogen-bond donors (Lipinski definition) is 2. The first-order valence-electron chi connectivity index (χ1n) is 8.08. The van der Waals surface area contributed by atoms with Gasteiger partial charge in [0.05, 0.1) is 36.1 Å². The zero-order valence-corrected chi connectivity index (χ0v) is 14.9. The van der Waals surface area contributed by atoms with Gasteiger partial charge in [-0.2, -0.15) is 5.10 Å². The Labute approximate surface area is 155 Å². The van der Waals surface area contributed by atoms with Gasteiger partial charge in [0, 0.05) is 12.5 Å². The summed E-state index contributed by atoms with van der Waals surface area (Å²) in [5, 5.41) is 17.7. The minimum Gasteiger partial charge on any atom is -0.507 e. The molecule has 0 fully saturated rings. The van der Waals surface area contributed by atoms with Gasteiger partial charge in [-0.05, 0) is 23.8 Å². The highest BCUT2D eigenvalue weighted by Crippen LogP contribution is 2.42. The lowest BCUT2D eigenvalue weighted by Crippen LogP contribution is -2.31. The van der Waals surface area contributed by atoms with Gasteiger partial charge in [0.15, 0.2) is 5.11 Å². The molecule has 0 aliphatic carbocycles. The van der Waals surface area contributed by atoms with E-state index in [0.29, 0.717) is 29.0 Å². The standard InChI is InChI=1S/C19H17N3O3S/c1-24-18-12-7-8-25-16(12)10-15(23)17(18)13-9-14(22(21-13)19(20)26)11-5-3-2-4-6-11/h2-8,10,14,23H,9H2,1H3,(H2,20,26). The van der Waals surface area contributed by atoms with E-state index < -0.39 is 0 Å². The summed E-state index contributed by atoms with van der Waals surface area (Å²) in [5.74, 6) is 0.559. The van der Waals surface area contributed by atoms with Crippen LogP contribution in [-0.2, 0) is 0 Å². The Morgan fingerprint density at radius 2 is 2.12 bits per heavy atom. The van der Waals surface area contributed by atoms with Gasteiger partial charge >= 0.3 is 0 Å². The molecule has 1 atom stereocenters. The first-order chi connectivity index (χ1) is 12.6. The summed E-state index contributed by atoms with van der Waals surface area (Å²) in [6, 6.07) is 13.1. The fourth-order valence-corrected chi connectivity index (χ4v) is 3.53. The molecule has 3 N–H and O–H groups in total. The van der Waals surface area contributed by atoms with E-state index in [0.717, 1.165) is 10.9 Å². The molecule has 0 bridgehead atoms. The van der Waals surface area contributed by atoms with E-state index in [9.17, 15) is 5.11 Å². The minimum absolute atomic E-state index is 0.0413. The number of hydrazone groups is 1. The van der Waals surface area contributed by atoms with E-state index in [-0.39, 0.29) is 16.9 Å². The maximum Gasteiger partial charge on any atom is 0.187 e. The Bertz CT molecular complexity index is 1010. The number of phenolic OH excluding ortho intramolecular Hbond substituents is 1. The van der Waals surface area contributed by atoms with Crippen molar-refractivity contribution in [3.8, 4) is 11.5 Å². The van der Waals surface area contributed by atoms with Crippen LogP contribution in [0.15, 0.2) is 58.2 Å². The van der Waals surface area contributed by atoms with Crippen LogP contribution in [0.4, 0.5) is 0 Å². The second kappa shape index (κ2) is 6.34. The smallest absolute Gasteiger partial charge is 0.187 e. The molecule has 3 aromatic rings. The molecule has 0 saturated carbocycles. The van der Waals surface area contributed by atoms with E-state index in [1.807, 2.05) is 30.3 Å². The van der Waals surface area contributed by atoms with Crippen LogP contribution < -0.4 is 10.5 Å². The first-order valence-corrected chi connectivity index (χ1v) is 8.49. The third kappa shape index (κ3) is 2.57. The van der Waals surface area contributed by atoms with Crippen LogP contribution in [0.2, 0.25) is 0 Å². The number of hydrogen-bond acceptors (Lipinski definition) is 5. The molecule has 1 aliphatic heterocycles. The number of rotatable bonds is 3. The molecule has 0 radical (unpaired) electrons. The first kappa shape index (κ1) is 16.4. The van der Waals surface area contributed by atoms with Crippen molar-refractivity contribution in [3.63, 3.8) is 0 Å². The molecule has 0 spiro atoms. The van der Waals surface area contributed by atoms with Crippen molar-refractivity contribution in [1.82, 2.24) is 5.01 Å². The normalized spacial score (nSPS) is 16.7. The fraction of sp³-hybridized carbons (Fsp3) is 0.158. The van der Waals surface area contributed by atoms with Crippen molar-refractivity contribution in [2.75, 3.05) is 7.11 Å². The van der Waals surface area contributed by atoms with Crippen LogP contribution in [0.5, 0.6) is 11.5 Å². The quantitative estimate of drug-likeness (QED) is 0.689. The van der Waals surface area contributed by atoms with E-state index in [1.165, 1.54) is 0 Å². The van der Waals surface area contributed by atoms with Crippen LogP contribution in [0.1, 0.15) is 23.6 Å². The minimum atomic E-state index is -0.132. The molecule has 0 saturated heterocycles. The van der Waals surface area contributed by atoms with Crippen LogP contribution in [0.25, 0.3) is 11.0 Å². The Kier molecular flexibility index (Phi) is 4.00. The predicted molar refractivity (Wildman–Crippen MR) is 103 cm³/mol. The van der Waals surface area contributed by atoms with Crippen LogP contribution >= 0.6 is 12.2 Å². The number of methoxy groups -OCH3 is 1. The maximum atomic E-state index is 10.6. The molecule has 6 nitrogen and oxygen atoms in total. The number of phenols is 1. The molecule has 0 amide bonds. The van der Waals surface area contributed by atoms with E-state index in [1.54, 1.807) is 30.5 Å². The van der Waals surface area contributed by atoms with Gasteiger partial charge in [-0.15, -0.1) is 0 Å². The molecule has 7 heteroatoms. The summed E-state index contributed by atoms with van der Waals surface area (Å²) in [4.78, 5) is 0. The molecule has 1 aliphatic rings. The number of ether oxygens (including phenoxy) is 1. The lowest BCUT2D eigenvalue weighted by atomic mass is 9.96. The second-order valence-electron chi connectivity index (χ2n) is 6.00. The summed E-state index contributed by atoms with van der Waals surface area (Å²) in [6.07, 6.45) is 2.09. The van der Waals surface area contributed by atoms with Gasteiger partial charge in [0.1, 0.15) is 17.1 Å². The molecule has 2 aromatic carbocycles. The molecule has 1 unspecified atom stereocenters. The Morgan fingerprint density at radius 1 is 1.35 bits per heavy atom. The highest BCUT2D eigenvalue weighted by atomic mass is 32.1. The van der Waals surface area contributed by atoms with Crippen molar-refractivity contribution < 1.29 is 14.3 Å². The number of benzene rings is 2. The molecule has 2 heterocycles. The topological polar surface area (TPSA) is 84.2 Å². The largest absolute Gasteiger partial charge is 0.507 e. The zero-order valence-electron chi connectivity index (χ0n) is 14.0. The van der Waals surface area contributed by atoms with Crippen molar-refractivity contribution in [1.29, 1.82) is 0 Å². The average molecular weight is 367 g/mol. The Hall–Kier alpha value is -3.06. The van der Waals surface area contributed by atoms with Gasteiger partial charge in [0.2, 0.25) is 0 Å². The number of nitrogens with zero attached hydrogens (tertiary/aromatic N) is 2. The third-order valence-electron chi connectivity index (χ3n) is 4.50. The molecular formula is C19H17N3O3S. The van der Waals surface area contributed by atoms with Gasteiger partial charge < -0.3 is 20.0 Å². The molecule has 132 valence electrons. The number of aromatic hydroxyl groups is 1. The second-order valence-corrected chi connectivity index (χ2v) is 6.41. The predicted octanol–water partition coefficient (Wildman–Crippen LogP) is 3.54. The van der Waals surface area contributed by atoms with Gasteiger partial charge in [-0.25, -0.2) is 5.01 Å². The van der Waals surface area contributed by atoms with Crippen LogP contribution in [0.3, 0.4) is 0 Å². The third-order valence-corrected chi connectivity index (χ3v) is 4.69. The number of furan rings is 1. The average Bonchev–Trinajstić information content (AvgIpc) is 3.28.